The monoisotopic (exact) mass is 513 g/mol. The first kappa shape index (κ1) is 23.8. The van der Waals surface area contributed by atoms with Crippen molar-refractivity contribution in [1.29, 1.82) is 0 Å². The molecule has 0 aliphatic carbocycles. The summed E-state index contributed by atoms with van der Waals surface area (Å²) in [6, 6.07) is 6.23. The highest BCUT2D eigenvalue weighted by Crippen LogP contribution is 2.25. The molecule has 0 bridgehead atoms. The summed E-state index contributed by atoms with van der Waals surface area (Å²) in [6.07, 6.45) is 0. The van der Waals surface area contributed by atoms with E-state index in [0.29, 0.717) is 16.1 Å². The van der Waals surface area contributed by atoms with Crippen LogP contribution in [0.15, 0.2) is 23.2 Å². The molecule has 0 spiro atoms. The molecule has 26 heavy (non-hydrogen) atoms. The van der Waals surface area contributed by atoms with Gasteiger partial charge in [-0.3, -0.25) is 9.89 Å². The number of likely N-dealkylation sites (N-methyl/N-ethyl adjacent to an activating group) is 2. The number of rotatable bonds is 5. The number of aliphatic imine (C=N–C) groups is 1. The zero-order valence-corrected chi connectivity index (χ0v) is 19.8. The zero-order valence-electron chi connectivity index (χ0n) is 15.9. The molecule has 148 valence electrons. The van der Waals surface area contributed by atoms with Crippen LogP contribution in [0.4, 0.5) is 0 Å². The average molecular weight is 514 g/mol. The van der Waals surface area contributed by atoms with E-state index in [1.807, 2.05) is 18.2 Å². The molecule has 0 radical (unpaired) electrons. The fraction of sp³-hybridized carbons (Fsp3) is 0.611. The van der Waals surface area contributed by atoms with E-state index in [-0.39, 0.29) is 30.0 Å². The molecule has 1 heterocycles. The fourth-order valence-corrected chi connectivity index (χ4v) is 3.19. The quantitative estimate of drug-likeness (QED) is 0.359. The molecule has 1 aliphatic heterocycles. The van der Waals surface area contributed by atoms with Gasteiger partial charge in [-0.1, -0.05) is 29.3 Å². The van der Waals surface area contributed by atoms with Crippen molar-refractivity contribution in [3.63, 3.8) is 0 Å². The Morgan fingerprint density at radius 2 is 2.00 bits per heavy atom. The number of benzene rings is 1. The summed E-state index contributed by atoms with van der Waals surface area (Å²) >= 11 is 12.1. The number of nitrogens with one attached hydrogen (secondary N) is 2. The Labute approximate surface area is 184 Å². The largest absolute Gasteiger partial charge is 0.357 e. The molecular weight excluding hydrogens is 484 g/mol. The van der Waals surface area contributed by atoms with Crippen LogP contribution in [0.2, 0.25) is 10.0 Å². The topological polar surface area (TPSA) is 42.9 Å². The number of halogens is 3. The second-order valence-electron chi connectivity index (χ2n) is 6.66. The summed E-state index contributed by atoms with van der Waals surface area (Å²) in [7, 11) is 4.34. The van der Waals surface area contributed by atoms with Crippen molar-refractivity contribution in [3.8, 4) is 0 Å². The van der Waals surface area contributed by atoms with E-state index >= 15 is 0 Å². The van der Waals surface area contributed by atoms with E-state index in [0.717, 1.165) is 44.2 Å². The smallest absolute Gasteiger partial charge is 0.191 e. The number of piperazine rings is 1. The SMILES string of the molecule is CCNC(=NCC1CN(C)CCN1C)NC(C)c1ccc(Cl)c(Cl)c1.I. The van der Waals surface area contributed by atoms with Gasteiger partial charge in [-0.2, -0.15) is 0 Å². The first-order valence-corrected chi connectivity index (χ1v) is 9.54. The lowest BCUT2D eigenvalue weighted by Gasteiger charge is -2.37. The van der Waals surface area contributed by atoms with E-state index in [9.17, 15) is 0 Å². The van der Waals surface area contributed by atoms with Crippen molar-refractivity contribution in [2.45, 2.75) is 25.9 Å². The van der Waals surface area contributed by atoms with Gasteiger partial charge < -0.3 is 15.5 Å². The molecule has 0 saturated carbocycles. The molecule has 1 aliphatic rings. The van der Waals surface area contributed by atoms with Crippen molar-refractivity contribution in [2.75, 3.05) is 46.8 Å². The Hall–Kier alpha value is -0.280. The van der Waals surface area contributed by atoms with Crippen LogP contribution in [0.25, 0.3) is 0 Å². The van der Waals surface area contributed by atoms with Gasteiger partial charge in [0.25, 0.3) is 0 Å². The minimum Gasteiger partial charge on any atom is -0.357 e. The maximum atomic E-state index is 6.13. The maximum Gasteiger partial charge on any atom is 0.191 e. The molecule has 2 N–H and O–H groups in total. The van der Waals surface area contributed by atoms with Crippen LogP contribution in [-0.4, -0.2) is 68.6 Å². The molecule has 1 saturated heterocycles. The fourth-order valence-electron chi connectivity index (χ4n) is 2.89. The third-order valence-electron chi connectivity index (χ3n) is 4.58. The molecule has 5 nitrogen and oxygen atoms in total. The van der Waals surface area contributed by atoms with E-state index < -0.39 is 0 Å². The van der Waals surface area contributed by atoms with Crippen molar-refractivity contribution >= 4 is 53.1 Å². The van der Waals surface area contributed by atoms with E-state index in [1.54, 1.807) is 0 Å². The number of nitrogens with zero attached hydrogens (tertiary/aromatic N) is 3. The van der Waals surface area contributed by atoms with E-state index in [1.165, 1.54) is 0 Å². The summed E-state index contributed by atoms with van der Waals surface area (Å²) in [4.78, 5) is 9.54. The van der Waals surface area contributed by atoms with Crippen molar-refractivity contribution in [3.05, 3.63) is 33.8 Å². The highest BCUT2D eigenvalue weighted by Gasteiger charge is 2.22. The number of guanidine groups is 1. The van der Waals surface area contributed by atoms with E-state index in [4.69, 9.17) is 28.2 Å². The van der Waals surface area contributed by atoms with Gasteiger partial charge in [-0.25, -0.2) is 0 Å². The third-order valence-corrected chi connectivity index (χ3v) is 5.32. The molecule has 1 fully saturated rings. The van der Waals surface area contributed by atoms with Gasteiger partial charge in [-0.15, -0.1) is 24.0 Å². The van der Waals surface area contributed by atoms with Crippen LogP contribution in [0.5, 0.6) is 0 Å². The van der Waals surface area contributed by atoms with E-state index in [2.05, 4.69) is 48.4 Å². The van der Waals surface area contributed by atoms with Gasteiger partial charge in [0.05, 0.1) is 22.6 Å². The Balaban J connectivity index is 0.00000338. The third kappa shape index (κ3) is 7.03. The molecule has 1 aromatic rings. The van der Waals surface area contributed by atoms with Gasteiger partial charge in [0.1, 0.15) is 0 Å². The molecule has 0 aromatic heterocycles. The van der Waals surface area contributed by atoms with Gasteiger partial charge in [0, 0.05) is 32.2 Å². The summed E-state index contributed by atoms with van der Waals surface area (Å²) in [5.74, 6) is 0.822. The molecule has 8 heteroatoms. The predicted molar refractivity (Wildman–Crippen MR) is 123 cm³/mol. The normalized spacial score (nSPS) is 20.4. The Morgan fingerprint density at radius 1 is 1.27 bits per heavy atom. The number of hydrogen-bond donors (Lipinski definition) is 2. The minimum absolute atomic E-state index is 0. The van der Waals surface area contributed by atoms with Crippen LogP contribution in [-0.2, 0) is 0 Å². The lowest BCUT2D eigenvalue weighted by molar-refractivity contribution is 0.119. The van der Waals surface area contributed by atoms with Crippen LogP contribution in [0, 0.1) is 0 Å². The van der Waals surface area contributed by atoms with Gasteiger partial charge in [0.15, 0.2) is 5.96 Å². The highest BCUT2D eigenvalue weighted by molar-refractivity contribution is 14.0. The Kier molecular flexibility index (Phi) is 10.5. The summed E-state index contributed by atoms with van der Waals surface area (Å²) in [5, 5.41) is 7.92. The van der Waals surface area contributed by atoms with Crippen LogP contribution in [0.3, 0.4) is 0 Å². The van der Waals surface area contributed by atoms with Crippen LogP contribution < -0.4 is 10.6 Å². The van der Waals surface area contributed by atoms with Crippen LogP contribution in [0.1, 0.15) is 25.5 Å². The Bertz CT molecular complexity index is 599. The van der Waals surface area contributed by atoms with Gasteiger partial charge in [0.2, 0.25) is 0 Å². The molecule has 1 aromatic carbocycles. The van der Waals surface area contributed by atoms with Crippen LogP contribution >= 0.6 is 47.2 Å². The van der Waals surface area contributed by atoms with Crippen molar-refractivity contribution in [1.82, 2.24) is 20.4 Å². The average Bonchev–Trinajstić information content (AvgIpc) is 2.58. The summed E-state index contributed by atoms with van der Waals surface area (Å²) < 4.78 is 0. The first-order valence-electron chi connectivity index (χ1n) is 8.79. The molecule has 2 atom stereocenters. The first-order chi connectivity index (χ1) is 11.9. The standard InChI is InChI=1S/C18H29Cl2N5.HI/c1-5-21-18(22-11-15-12-24(3)8-9-25(15)4)23-13(2)14-6-7-16(19)17(20)10-14;/h6-7,10,13,15H,5,8-9,11-12H2,1-4H3,(H2,21,22,23);1H. The maximum absolute atomic E-state index is 6.13. The van der Waals surface area contributed by atoms with Gasteiger partial charge >= 0.3 is 0 Å². The van der Waals surface area contributed by atoms with Crippen molar-refractivity contribution in [2.24, 2.45) is 4.99 Å². The summed E-state index contributed by atoms with van der Waals surface area (Å²) in [6.45, 7) is 8.99. The highest BCUT2D eigenvalue weighted by atomic mass is 127. The summed E-state index contributed by atoms with van der Waals surface area (Å²) in [5.41, 5.74) is 1.08. The zero-order chi connectivity index (χ0) is 18.4. The lowest BCUT2D eigenvalue weighted by atomic mass is 10.1. The molecule has 2 unspecified atom stereocenters. The van der Waals surface area contributed by atoms with Gasteiger partial charge in [-0.05, 0) is 45.6 Å². The van der Waals surface area contributed by atoms with Crippen molar-refractivity contribution < 1.29 is 0 Å². The molecule has 2 rings (SSSR count). The Morgan fingerprint density at radius 3 is 2.65 bits per heavy atom. The number of hydrogen-bond acceptors (Lipinski definition) is 3. The second-order valence-corrected chi connectivity index (χ2v) is 7.47. The molecule has 0 amide bonds. The predicted octanol–water partition coefficient (Wildman–Crippen LogP) is 3.47. The second kappa shape index (κ2) is 11.5. The molecular formula is C18H30Cl2IN5. The minimum atomic E-state index is 0. The lowest BCUT2D eigenvalue weighted by Crippen LogP contribution is -2.51.